The summed E-state index contributed by atoms with van der Waals surface area (Å²) in [6.45, 7) is 14.9. The molecule has 0 unspecified atom stereocenters. The molecule has 0 bridgehead atoms. The van der Waals surface area contributed by atoms with Crippen LogP contribution in [0.4, 0.5) is 0 Å². The maximum absolute atomic E-state index is 13.7. The number of carboxylic acids is 1. The van der Waals surface area contributed by atoms with Crippen LogP contribution in [0.1, 0.15) is 61.0 Å². The molecular formula is C27H42ClN3O4. The quantitative estimate of drug-likeness (QED) is 0.411. The third-order valence-electron chi connectivity index (χ3n) is 6.48. The van der Waals surface area contributed by atoms with Gasteiger partial charge in [0, 0.05) is 23.1 Å². The first-order valence-corrected chi connectivity index (χ1v) is 12.2. The first-order chi connectivity index (χ1) is 15.9. The van der Waals surface area contributed by atoms with Crippen molar-refractivity contribution in [3.8, 4) is 0 Å². The molecule has 1 aromatic rings. The van der Waals surface area contributed by atoms with Crippen LogP contribution in [0, 0.1) is 11.3 Å². The Kier molecular flexibility index (Phi) is 10.5. The minimum absolute atomic E-state index is 0.0265. The maximum atomic E-state index is 13.7. The van der Waals surface area contributed by atoms with Gasteiger partial charge >= 0.3 is 5.97 Å². The lowest BCUT2D eigenvalue weighted by atomic mass is 9.76. The molecular weight excluding hydrogens is 466 g/mol. The van der Waals surface area contributed by atoms with Crippen LogP contribution in [0.25, 0.3) is 0 Å². The van der Waals surface area contributed by atoms with E-state index in [1.165, 1.54) is 11.8 Å². The maximum Gasteiger partial charge on any atom is 0.331 e. The lowest BCUT2D eigenvalue weighted by Crippen LogP contribution is -2.61. The van der Waals surface area contributed by atoms with Gasteiger partial charge in [-0.05, 0) is 43.0 Å². The van der Waals surface area contributed by atoms with Crippen molar-refractivity contribution in [1.29, 1.82) is 0 Å². The van der Waals surface area contributed by atoms with Gasteiger partial charge in [0.15, 0.2) is 0 Å². The van der Waals surface area contributed by atoms with E-state index in [-0.39, 0.29) is 23.3 Å². The zero-order valence-corrected chi connectivity index (χ0v) is 23.4. The molecule has 0 aliphatic rings. The Labute approximate surface area is 215 Å². The van der Waals surface area contributed by atoms with Gasteiger partial charge in [-0.15, -0.1) is 0 Å². The molecule has 1 aromatic carbocycles. The molecule has 0 radical (unpaired) electrons. The molecule has 0 fully saturated rings. The summed E-state index contributed by atoms with van der Waals surface area (Å²) in [6.07, 6.45) is 1.59. The zero-order chi connectivity index (χ0) is 27.3. The number of rotatable bonds is 10. The van der Waals surface area contributed by atoms with Gasteiger partial charge in [0.05, 0.1) is 12.1 Å². The largest absolute Gasteiger partial charge is 0.478 e. The molecule has 7 nitrogen and oxygen atoms in total. The molecule has 0 aromatic heterocycles. The molecule has 8 heteroatoms. The molecule has 3 atom stereocenters. The third kappa shape index (κ3) is 7.80. The average molecular weight is 508 g/mol. The topological polar surface area (TPSA) is 98.7 Å². The third-order valence-corrected chi connectivity index (χ3v) is 6.71. The summed E-state index contributed by atoms with van der Waals surface area (Å²) in [4.78, 5) is 40.2. The second kappa shape index (κ2) is 12.0. The predicted molar refractivity (Wildman–Crippen MR) is 142 cm³/mol. The monoisotopic (exact) mass is 507 g/mol. The Hall–Kier alpha value is -2.38. The summed E-state index contributed by atoms with van der Waals surface area (Å²) in [6, 6.07) is 5.48. The van der Waals surface area contributed by atoms with E-state index >= 15 is 0 Å². The Balaban J connectivity index is 3.32. The highest BCUT2D eigenvalue weighted by Gasteiger charge is 2.41. The minimum atomic E-state index is -1.03. The van der Waals surface area contributed by atoms with Crippen LogP contribution in [0.2, 0.25) is 5.02 Å². The number of nitrogens with one attached hydrogen (secondary N) is 2. The van der Waals surface area contributed by atoms with E-state index in [2.05, 4.69) is 10.6 Å². The van der Waals surface area contributed by atoms with Crippen molar-refractivity contribution in [1.82, 2.24) is 15.5 Å². The molecule has 0 saturated heterocycles. The lowest BCUT2D eigenvalue weighted by Gasteiger charge is -2.40. The number of carbonyl (C=O) groups is 3. The summed E-state index contributed by atoms with van der Waals surface area (Å²) < 4.78 is 0. The molecule has 3 N–H and O–H groups in total. The van der Waals surface area contributed by atoms with Crippen LogP contribution in [0.3, 0.4) is 0 Å². The minimum Gasteiger partial charge on any atom is -0.478 e. The van der Waals surface area contributed by atoms with Gasteiger partial charge in [-0.25, -0.2) is 4.79 Å². The van der Waals surface area contributed by atoms with E-state index in [0.717, 1.165) is 5.56 Å². The highest BCUT2D eigenvalue weighted by Crippen LogP contribution is 2.30. The van der Waals surface area contributed by atoms with Crippen LogP contribution in [-0.4, -0.2) is 60.0 Å². The number of hydrogen-bond acceptors (Lipinski definition) is 4. The van der Waals surface area contributed by atoms with Crippen molar-refractivity contribution in [2.24, 2.45) is 11.3 Å². The van der Waals surface area contributed by atoms with E-state index in [1.807, 2.05) is 66.7 Å². The van der Waals surface area contributed by atoms with Crippen molar-refractivity contribution in [3.63, 3.8) is 0 Å². The second-order valence-electron chi connectivity index (χ2n) is 11.1. The van der Waals surface area contributed by atoms with Gasteiger partial charge in [-0.2, -0.15) is 0 Å². The van der Waals surface area contributed by atoms with Gasteiger partial charge in [0.2, 0.25) is 11.8 Å². The Bertz CT molecular complexity index is 950. The van der Waals surface area contributed by atoms with Gasteiger partial charge in [-0.3, -0.25) is 9.59 Å². The molecule has 2 amide bonds. The number of hydrogen-bond donors (Lipinski definition) is 3. The highest BCUT2D eigenvalue weighted by molar-refractivity contribution is 6.30. The van der Waals surface area contributed by atoms with Gasteiger partial charge in [0.25, 0.3) is 0 Å². The normalized spacial score (nSPS) is 15.4. The number of benzene rings is 1. The smallest absolute Gasteiger partial charge is 0.331 e. The van der Waals surface area contributed by atoms with Crippen molar-refractivity contribution >= 4 is 29.4 Å². The molecule has 196 valence electrons. The Morgan fingerprint density at radius 1 is 1.09 bits per heavy atom. The molecule has 1 rings (SSSR count). The molecule has 0 heterocycles. The second-order valence-corrected chi connectivity index (χ2v) is 11.5. The van der Waals surface area contributed by atoms with Crippen molar-refractivity contribution in [3.05, 3.63) is 46.5 Å². The van der Waals surface area contributed by atoms with Crippen LogP contribution >= 0.6 is 11.6 Å². The van der Waals surface area contributed by atoms with Crippen molar-refractivity contribution in [2.75, 3.05) is 14.1 Å². The van der Waals surface area contributed by atoms with Crippen LogP contribution in [0.15, 0.2) is 35.9 Å². The fourth-order valence-corrected chi connectivity index (χ4v) is 4.37. The van der Waals surface area contributed by atoms with E-state index in [0.29, 0.717) is 5.02 Å². The first-order valence-electron chi connectivity index (χ1n) is 11.9. The number of nitrogens with zero attached hydrogens (tertiary/aromatic N) is 1. The average Bonchev–Trinajstić information content (AvgIpc) is 2.73. The number of carboxylic acid groups (broad SMARTS) is 1. The number of amides is 2. The predicted octanol–water partition coefficient (Wildman–Crippen LogP) is 4.25. The van der Waals surface area contributed by atoms with Gasteiger partial charge < -0.3 is 20.6 Å². The lowest BCUT2D eigenvalue weighted by molar-refractivity contribution is -0.141. The molecule has 0 aliphatic heterocycles. The molecule has 0 saturated carbocycles. The summed E-state index contributed by atoms with van der Waals surface area (Å²) in [5.41, 5.74) is -0.155. The van der Waals surface area contributed by atoms with E-state index in [9.17, 15) is 19.5 Å². The standard InChI is InChI=1S/C27H42ClN3O4/c1-16(2)20(14-17(3)25(34)35)31(10)24(33)22(26(4,5)6)30-23(32)21(29-9)27(7,8)18-12-11-13-19(28)15-18/h11-16,20-22,29H,1-10H3,(H,30,32)(H,34,35)/b17-14+/t20-,21-,22-/m1/s1. The van der Waals surface area contributed by atoms with E-state index < -0.39 is 34.9 Å². The zero-order valence-electron chi connectivity index (χ0n) is 22.7. The number of aliphatic carboxylic acids is 1. The number of likely N-dealkylation sites (N-methyl/N-ethyl adjacent to an activating group) is 2. The van der Waals surface area contributed by atoms with Gasteiger partial charge in [-0.1, -0.05) is 78.3 Å². The fraction of sp³-hybridized carbons (Fsp3) is 0.593. The van der Waals surface area contributed by atoms with Crippen molar-refractivity contribution in [2.45, 2.75) is 78.9 Å². The molecule has 35 heavy (non-hydrogen) atoms. The number of carbonyl (C=O) groups excluding carboxylic acids is 2. The van der Waals surface area contributed by atoms with Crippen LogP contribution < -0.4 is 10.6 Å². The van der Waals surface area contributed by atoms with Crippen LogP contribution in [0.5, 0.6) is 0 Å². The van der Waals surface area contributed by atoms with E-state index in [4.69, 9.17) is 11.6 Å². The van der Waals surface area contributed by atoms with Crippen molar-refractivity contribution < 1.29 is 19.5 Å². The first kappa shape index (κ1) is 30.7. The SMILES string of the molecule is CN[C@H](C(=O)N[C@H](C(=O)N(C)[C@H](/C=C(\C)C(=O)O)C(C)C)C(C)(C)C)C(C)(C)c1cccc(Cl)c1. The Morgan fingerprint density at radius 2 is 1.66 bits per heavy atom. The Morgan fingerprint density at radius 3 is 2.09 bits per heavy atom. The van der Waals surface area contributed by atoms with Crippen LogP contribution in [-0.2, 0) is 19.8 Å². The summed E-state index contributed by atoms with van der Waals surface area (Å²) in [5.74, 6) is -1.65. The van der Waals surface area contributed by atoms with Gasteiger partial charge in [0.1, 0.15) is 6.04 Å². The molecule has 0 spiro atoms. The van der Waals surface area contributed by atoms with E-state index in [1.54, 1.807) is 26.2 Å². The summed E-state index contributed by atoms with van der Waals surface area (Å²) >= 11 is 6.20. The fourth-order valence-electron chi connectivity index (χ4n) is 4.18. The summed E-state index contributed by atoms with van der Waals surface area (Å²) in [5, 5.41) is 16.0. The summed E-state index contributed by atoms with van der Waals surface area (Å²) in [7, 11) is 3.36. The number of halogens is 1. The molecule has 0 aliphatic carbocycles. The highest BCUT2D eigenvalue weighted by atomic mass is 35.5.